The number of carboxylic acid groups (broad SMARTS) is 1. The van der Waals surface area contributed by atoms with Crippen molar-refractivity contribution in [1.29, 1.82) is 0 Å². The van der Waals surface area contributed by atoms with Crippen LogP contribution in [0.15, 0.2) is 74.8 Å². The SMILES string of the molecule is Cc1cccc(S(=O)(=O)NCc2cc(=O)c(OCc3ccccc3)c(C(=O)O)o2)c1. The summed E-state index contributed by atoms with van der Waals surface area (Å²) in [5.41, 5.74) is 0.778. The zero-order chi connectivity index (χ0) is 21.7. The van der Waals surface area contributed by atoms with Gasteiger partial charge in [-0.1, -0.05) is 42.5 Å². The lowest BCUT2D eigenvalue weighted by Gasteiger charge is -2.10. The molecule has 0 saturated heterocycles. The molecule has 0 saturated carbocycles. The van der Waals surface area contributed by atoms with Gasteiger partial charge in [0, 0.05) is 6.07 Å². The van der Waals surface area contributed by atoms with E-state index in [1.807, 2.05) is 6.07 Å². The van der Waals surface area contributed by atoms with Gasteiger partial charge in [-0.15, -0.1) is 0 Å². The third kappa shape index (κ3) is 5.13. The summed E-state index contributed by atoms with van der Waals surface area (Å²) in [6.45, 7) is 1.33. The summed E-state index contributed by atoms with van der Waals surface area (Å²) >= 11 is 0. The van der Waals surface area contributed by atoms with E-state index in [4.69, 9.17) is 9.15 Å². The van der Waals surface area contributed by atoms with Gasteiger partial charge in [0.1, 0.15) is 12.4 Å². The number of aromatic carboxylic acids is 1. The van der Waals surface area contributed by atoms with Crippen LogP contribution < -0.4 is 14.9 Å². The molecule has 0 radical (unpaired) electrons. The summed E-state index contributed by atoms with van der Waals surface area (Å²) in [7, 11) is -3.87. The molecular weight excluding hydrogens is 410 g/mol. The smallest absolute Gasteiger partial charge is 0.375 e. The van der Waals surface area contributed by atoms with E-state index in [1.54, 1.807) is 43.3 Å². The van der Waals surface area contributed by atoms with Crippen molar-refractivity contribution in [2.45, 2.75) is 25.0 Å². The summed E-state index contributed by atoms with van der Waals surface area (Å²) in [5, 5.41) is 9.40. The Morgan fingerprint density at radius 1 is 1.10 bits per heavy atom. The van der Waals surface area contributed by atoms with Crippen LogP contribution in [0.1, 0.15) is 27.4 Å². The summed E-state index contributed by atoms with van der Waals surface area (Å²) < 4.78 is 37.7. The number of aryl methyl sites for hydroxylation is 1. The van der Waals surface area contributed by atoms with Gasteiger partial charge in [-0.3, -0.25) is 4.79 Å². The predicted molar refractivity (Wildman–Crippen MR) is 108 cm³/mol. The highest BCUT2D eigenvalue weighted by Gasteiger charge is 2.22. The molecule has 1 aromatic heterocycles. The van der Waals surface area contributed by atoms with Crippen LogP contribution in [-0.4, -0.2) is 19.5 Å². The van der Waals surface area contributed by atoms with Crippen molar-refractivity contribution >= 4 is 16.0 Å². The number of hydrogen-bond donors (Lipinski definition) is 2. The van der Waals surface area contributed by atoms with E-state index < -0.39 is 39.5 Å². The van der Waals surface area contributed by atoms with Crippen LogP contribution in [0, 0.1) is 6.92 Å². The summed E-state index contributed by atoms with van der Waals surface area (Å²) in [4.78, 5) is 24.0. The first-order valence-electron chi connectivity index (χ1n) is 8.89. The van der Waals surface area contributed by atoms with Crippen LogP contribution in [0.3, 0.4) is 0 Å². The molecule has 2 N–H and O–H groups in total. The number of sulfonamides is 1. The second-order valence-corrected chi connectivity index (χ2v) is 8.22. The number of hydrogen-bond acceptors (Lipinski definition) is 6. The number of carbonyl (C=O) groups is 1. The Bertz CT molecular complexity index is 1220. The number of carboxylic acids is 1. The zero-order valence-corrected chi connectivity index (χ0v) is 16.8. The first-order valence-corrected chi connectivity index (χ1v) is 10.4. The van der Waals surface area contributed by atoms with Crippen molar-refractivity contribution in [3.05, 3.63) is 93.5 Å². The fourth-order valence-electron chi connectivity index (χ4n) is 2.66. The predicted octanol–water partition coefficient (Wildman–Crippen LogP) is 2.70. The Labute approximate surface area is 172 Å². The fourth-order valence-corrected chi connectivity index (χ4v) is 3.75. The van der Waals surface area contributed by atoms with Gasteiger partial charge in [0.2, 0.25) is 21.2 Å². The van der Waals surface area contributed by atoms with Gasteiger partial charge in [0.05, 0.1) is 11.4 Å². The van der Waals surface area contributed by atoms with Crippen molar-refractivity contribution in [3.8, 4) is 5.75 Å². The molecule has 0 bridgehead atoms. The minimum absolute atomic E-state index is 0.0226. The number of ether oxygens (including phenoxy) is 1. The first-order chi connectivity index (χ1) is 14.3. The molecule has 30 heavy (non-hydrogen) atoms. The molecule has 9 heteroatoms. The minimum atomic E-state index is -3.87. The van der Waals surface area contributed by atoms with E-state index in [0.29, 0.717) is 0 Å². The van der Waals surface area contributed by atoms with Gasteiger partial charge in [-0.05, 0) is 30.2 Å². The van der Waals surface area contributed by atoms with E-state index in [0.717, 1.165) is 17.2 Å². The lowest BCUT2D eigenvalue weighted by Crippen LogP contribution is -2.24. The van der Waals surface area contributed by atoms with Crippen LogP contribution in [-0.2, 0) is 23.2 Å². The van der Waals surface area contributed by atoms with Gasteiger partial charge in [0.15, 0.2) is 0 Å². The quantitative estimate of drug-likeness (QED) is 0.564. The van der Waals surface area contributed by atoms with Crippen LogP contribution >= 0.6 is 0 Å². The van der Waals surface area contributed by atoms with Gasteiger partial charge in [0.25, 0.3) is 5.76 Å². The largest absolute Gasteiger partial charge is 0.481 e. The highest BCUT2D eigenvalue weighted by Crippen LogP contribution is 2.18. The molecule has 3 aromatic rings. The van der Waals surface area contributed by atoms with Crippen molar-refractivity contribution in [2.75, 3.05) is 0 Å². The third-order valence-electron chi connectivity index (χ3n) is 4.11. The molecule has 156 valence electrons. The topological polar surface area (TPSA) is 123 Å². The van der Waals surface area contributed by atoms with E-state index >= 15 is 0 Å². The molecule has 1 heterocycles. The molecule has 8 nitrogen and oxygen atoms in total. The maximum absolute atomic E-state index is 12.4. The lowest BCUT2D eigenvalue weighted by molar-refractivity contribution is 0.0647. The molecule has 0 atom stereocenters. The average molecular weight is 429 g/mol. The molecule has 0 unspecified atom stereocenters. The van der Waals surface area contributed by atoms with E-state index in [1.165, 1.54) is 12.1 Å². The number of benzene rings is 2. The fraction of sp³-hybridized carbons (Fsp3) is 0.143. The highest BCUT2D eigenvalue weighted by molar-refractivity contribution is 7.89. The van der Waals surface area contributed by atoms with Crippen LogP contribution in [0.25, 0.3) is 0 Å². The average Bonchev–Trinajstić information content (AvgIpc) is 2.72. The second kappa shape index (κ2) is 8.93. The summed E-state index contributed by atoms with van der Waals surface area (Å²) in [5.74, 6) is -2.79. The molecule has 0 aliphatic carbocycles. The third-order valence-corrected chi connectivity index (χ3v) is 5.51. The molecule has 0 spiro atoms. The zero-order valence-electron chi connectivity index (χ0n) is 16.0. The Kier molecular flexibility index (Phi) is 6.34. The van der Waals surface area contributed by atoms with Crippen LogP contribution in [0.4, 0.5) is 0 Å². The molecule has 0 amide bonds. The van der Waals surface area contributed by atoms with E-state index in [-0.39, 0.29) is 17.3 Å². The Balaban J connectivity index is 1.81. The van der Waals surface area contributed by atoms with Crippen LogP contribution in [0.2, 0.25) is 0 Å². The van der Waals surface area contributed by atoms with Crippen LogP contribution in [0.5, 0.6) is 5.75 Å². The maximum Gasteiger partial charge on any atom is 0.375 e. The molecule has 0 aliphatic heterocycles. The van der Waals surface area contributed by atoms with Crippen molar-refractivity contribution in [3.63, 3.8) is 0 Å². The summed E-state index contributed by atoms with van der Waals surface area (Å²) in [6.07, 6.45) is 0. The first kappa shape index (κ1) is 21.3. The Hall–Kier alpha value is -3.43. The van der Waals surface area contributed by atoms with Gasteiger partial charge >= 0.3 is 5.97 Å². The second-order valence-electron chi connectivity index (χ2n) is 6.46. The molecule has 0 fully saturated rings. The monoisotopic (exact) mass is 429 g/mol. The molecule has 2 aromatic carbocycles. The molecule has 0 aliphatic rings. The lowest BCUT2D eigenvalue weighted by atomic mass is 10.2. The Morgan fingerprint density at radius 3 is 2.50 bits per heavy atom. The highest BCUT2D eigenvalue weighted by atomic mass is 32.2. The van der Waals surface area contributed by atoms with Crippen molar-refractivity contribution < 1.29 is 27.5 Å². The minimum Gasteiger partial charge on any atom is -0.481 e. The van der Waals surface area contributed by atoms with E-state index in [9.17, 15) is 23.1 Å². The number of nitrogens with one attached hydrogen (secondary N) is 1. The van der Waals surface area contributed by atoms with Gasteiger partial charge in [-0.25, -0.2) is 17.9 Å². The number of rotatable bonds is 8. The molecule has 3 rings (SSSR count). The van der Waals surface area contributed by atoms with E-state index in [2.05, 4.69) is 4.72 Å². The molecular formula is C21H19NO7S. The van der Waals surface area contributed by atoms with Gasteiger partial charge < -0.3 is 14.3 Å². The maximum atomic E-state index is 12.4. The Morgan fingerprint density at radius 2 is 1.83 bits per heavy atom. The standard InChI is InChI=1S/C21H19NO7S/c1-14-6-5-9-17(10-14)30(26,27)22-12-16-11-18(23)19(20(29-16)21(24)25)28-13-15-7-3-2-4-8-15/h2-11,22H,12-13H2,1H3,(H,24,25). The summed E-state index contributed by atoms with van der Waals surface area (Å²) in [6, 6.07) is 16.2. The van der Waals surface area contributed by atoms with Crippen molar-refractivity contribution in [2.24, 2.45) is 0 Å². The van der Waals surface area contributed by atoms with Crippen molar-refractivity contribution in [1.82, 2.24) is 4.72 Å². The van der Waals surface area contributed by atoms with Gasteiger partial charge in [-0.2, -0.15) is 0 Å². The normalized spacial score (nSPS) is 11.2.